The molecule has 0 unspecified atom stereocenters. The molecule has 4 rings (SSSR count). The number of nitrogens with one attached hydrogen (secondary N) is 1. The number of phenols is 1. The second kappa shape index (κ2) is 8.89. The highest BCUT2D eigenvalue weighted by molar-refractivity contribution is 5.80. The Hall–Kier alpha value is -4.20. The standard InChI is InChI=1S/C24H17F3N4O/c25-24(26,27)19-8-4-7-18(13-19)22-14-21(17-5-2-1-3-6-17)29-23(30-22)31-28-15-16-9-11-20(32)12-10-16/h1-15,32H,(H,29,30,31)/b28-15+. The van der Waals surface area contributed by atoms with Crippen molar-refractivity contribution < 1.29 is 18.3 Å². The Kier molecular flexibility index (Phi) is 5.85. The Morgan fingerprint density at radius 2 is 1.44 bits per heavy atom. The van der Waals surface area contributed by atoms with Crippen molar-refractivity contribution >= 4 is 12.2 Å². The fourth-order valence-electron chi connectivity index (χ4n) is 2.98. The lowest BCUT2D eigenvalue weighted by Gasteiger charge is -2.11. The van der Waals surface area contributed by atoms with E-state index in [4.69, 9.17) is 0 Å². The number of hydrogen-bond acceptors (Lipinski definition) is 5. The Labute approximate surface area is 181 Å². The highest BCUT2D eigenvalue weighted by Crippen LogP contribution is 2.32. The summed E-state index contributed by atoms with van der Waals surface area (Å²) in [5.41, 5.74) is 4.67. The number of benzene rings is 3. The van der Waals surface area contributed by atoms with E-state index in [2.05, 4.69) is 20.5 Å². The number of phenolic OH excluding ortho intramolecular Hbond substituents is 1. The lowest BCUT2D eigenvalue weighted by Crippen LogP contribution is -2.05. The van der Waals surface area contributed by atoms with Gasteiger partial charge < -0.3 is 5.11 Å². The van der Waals surface area contributed by atoms with Gasteiger partial charge >= 0.3 is 6.18 Å². The number of anilines is 1. The minimum atomic E-state index is -4.46. The monoisotopic (exact) mass is 434 g/mol. The number of aromatic nitrogens is 2. The van der Waals surface area contributed by atoms with Gasteiger partial charge in [0, 0.05) is 11.1 Å². The maximum absolute atomic E-state index is 13.2. The molecule has 0 aliphatic carbocycles. The van der Waals surface area contributed by atoms with Crippen LogP contribution in [0, 0.1) is 0 Å². The van der Waals surface area contributed by atoms with Crippen LogP contribution in [0.5, 0.6) is 5.75 Å². The summed E-state index contributed by atoms with van der Waals surface area (Å²) in [7, 11) is 0. The maximum atomic E-state index is 13.2. The topological polar surface area (TPSA) is 70.4 Å². The first kappa shape index (κ1) is 21.0. The van der Waals surface area contributed by atoms with Crippen LogP contribution < -0.4 is 5.43 Å². The van der Waals surface area contributed by atoms with Gasteiger partial charge in [-0.05, 0) is 48.0 Å². The van der Waals surface area contributed by atoms with Crippen LogP contribution in [-0.2, 0) is 6.18 Å². The third kappa shape index (κ3) is 5.10. The molecule has 0 radical (unpaired) electrons. The molecule has 32 heavy (non-hydrogen) atoms. The van der Waals surface area contributed by atoms with Gasteiger partial charge in [0.2, 0.25) is 5.95 Å². The molecule has 0 spiro atoms. The number of halogens is 3. The molecule has 4 aromatic rings. The molecule has 0 bridgehead atoms. The molecule has 0 saturated heterocycles. The first-order chi connectivity index (χ1) is 15.4. The fourth-order valence-corrected chi connectivity index (χ4v) is 2.98. The van der Waals surface area contributed by atoms with Crippen molar-refractivity contribution in [1.82, 2.24) is 9.97 Å². The third-order valence-corrected chi connectivity index (χ3v) is 4.55. The summed E-state index contributed by atoms with van der Waals surface area (Å²) in [5, 5.41) is 13.5. The van der Waals surface area contributed by atoms with Gasteiger partial charge in [0.05, 0.1) is 23.2 Å². The maximum Gasteiger partial charge on any atom is 0.416 e. The van der Waals surface area contributed by atoms with E-state index in [1.165, 1.54) is 24.4 Å². The van der Waals surface area contributed by atoms with Crippen molar-refractivity contribution in [3.8, 4) is 28.3 Å². The SMILES string of the molecule is Oc1ccc(/C=N/Nc2nc(-c3ccccc3)cc(-c3cccc(C(F)(F)F)c3)n2)cc1. The van der Waals surface area contributed by atoms with E-state index in [0.29, 0.717) is 17.0 Å². The summed E-state index contributed by atoms with van der Waals surface area (Å²) >= 11 is 0. The van der Waals surface area contributed by atoms with E-state index < -0.39 is 11.7 Å². The van der Waals surface area contributed by atoms with Crippen molar-refractivity contribution in [3.63, 3.8) is 0 Å². The van der Waals surface area contributed by atoms with Gasteiger partial charge in [0.25, 0.3) is 0 Å². The van der Waals surface area contributed by atoms with Crippen LogP contribution in [0.15, 0.2) is 90.0 Å². The van der Waals surface area contributed by atoms with Crippen molar-refractivity contribution in [1.29, 1.82) is 0 Å². The van der Waals surface area contributed by atoms with E-state index in [1.807, 2.05) is 30.3 Å². The van der Waals surface area contributed by atoms with E-state index in [-0.39, 0.29) is 11.7 Å². The fraction of sp³-hybridized carbons (Fsp3) is 0.0417. The number of hydrogen-bond donors (Lipinski definition) is 2. The average molecular weight is 434 g/mol. The molecule has 8 heteroatoms. The van der Waals surface area contributed by atoms with E-state index >= 15 is 0 Å². The largest absolute Gasteiger partial charge is 0.508 e. The van der Waals surface area contributed by atoms with Gasteiger partial charge in [-0.25, -0.2) is 15.4 Å². The molecule has 0 atom stereocenters. The number of alkyl halides is 3. The number of aromatic hydroxyl groups is 1. The van der Waals surface area contributed by atoms with Crippen LogP contribution in [-0.4, -0.2) is 21.3 Å². The zero-order chi connectivity index (χ0) is 22.6. The summed E-state index contributed by atoms with van der Waals surface area (Å²) in [5.74, 6) is 0.272. The molecule has 5 nitrogen and oxygen atoms in total. The lowest BCUT2D eigenvalue weighted by atomic mass is 10.1. The Balaban J connectivity index is 1.71. The van der Waals surface area contributed by atoms with Gasteiger partial charge in [0.1, 0.15) is 5.75 Å². The van der Waals surface area contributed by atoms with E-state index in [1.54, 1.807) is 24.3 Å². The van der Waals surface area contributed by atoms with Gasteiger partial charge in [-0.2, -0.15) is 18.3 Å². The van der Waals surface area contributed by atoms with Crippen molar-refractivity contribution in [2.45, 2.75) is 6.18 Å². The molecule has 1 aromatic heterocycles. The normalized spacial score (nSPS) is 11.6. The zero-order valence-electron chi connectivity index (χ0n) is 16.6. The van der Waals surface area contributed by atoms with Crippen LogP contribution in [0.2, 0.25) is 0 Å². The third-order valence-electron chi connectivity index (χ3n) is 4.55. The van der Waals surface area contributed by atoms with Gasteiger partial charge in [-0.3, -0.25) is 0 Å². The summed E-state index contributed by atoms with van der Waals surface area (Å²) in [6, 6.07) is 22.3. The molecule has 0 amide bonds. The zero-order valence-corrected chi connectivity index (χ0v) is 16.6. The van der Waals surface area contributed by atoms with Crippen LogP contribution in [0.1, 0.15) is 11.1 Å². The molecular formula is C24H17F3N4O. The number of hydrazone groups is 1. The molecule has 0 aliphatic rings. The van der Waals surface area contributed by atoms with Gasteiger partial charge in [-0.15, -0.1) is 0 Å². The molecule has 3 aromatic carbocycles. The predicted molar refractivity (Wildman–Crippen MR) is 117 cm³/mol. The summed E-state index contributed by atoms with van der Waals surface area (Å²) < 4.78 is 39.5. The smallest absolute Gasteiger partial charge is 0.416 e. The van der Waals surface area contributed by atoms with Crippen molar-refractivity contribution in [2.75, 3.05) is 5.43 Å². The first-order valence-electron chi connectivity index (χ1n) is 9.59. The van der Waals surface area contributed by atoms with Gasteiger partial charge in [-0.1, -0.05) is 42.5 Å². The lowest BCUT2D eigenvalue weighted by molar-refractivity contribution is -0.137. The Morgan fingerprint density at radius 1 is 0.781 bits per heavy atom. The molecule has 0 aliphatic heterocycles. The second-order valence-electron chi connectivity index (χ2n) is 6.87. The van der Waals surface area contributed by atoms with Crippen molar-refractivity contribution in [3.05, 3.63) is 96.1 Å². The summed E-state index contributed by atoms with van der Waals surface area (Å²) in [6.45, 7) is 0. The van der Waals surface area contributed by atoms with Crippen LogP contribution in [0.4, 0.5) is 19.1 Å². The summed E-state index contributed by atoms with van der Waals surface area (Å²) in [6.07, 6.45) is -2.94. The minimum Gasteiger partial charge on any atom is -0.508 e. The molecule has 1 heterocycles. The van der Waals surface area contributed by atoms with Crippen molar-refractivity contribution in [2.24, 2.45) is 5.10 Å². The van der Waals surface area contributed by atoms with E-state index in [9.17, 15) is 18.3 Å². The van der Waals surface area contributed by atoms with E-state index in [0.717, 1.165) is 23.3 Å². The molecule has 2 N–H and O–H groups in total. The second-order valence-corrected chi connectivity index (χ2v) is 6.87. The molecule has 0 fully saturated rings. The predicted octanol–water partition coefficient (Wildman–Crippen LogP) is 5.98. The number of nitrogens with zero attached hydrogens (tertiary/aromatic N) is 3. The average Bonchev–Trinajstić information content (AvgIpc) is 2.80. The highest BCUT2D eigenvalue weighted by atomic mass is 19.4. The van der Waals surface area contributed by atoms with Crippen LogP contribution in [0.3, 0.4) is 0 Å². The molecule has 0 saturated carbocycles. The highest BCUT2D eigenvalue weighted by Gasteiger charge is 2.30. The summed E-state index contributed by atoms with van der Waals surface area (Å²) in [4.78, 5) is 8.80. The van der Waals surface area contributed by atoms with Gasteiger partial charge in [0.15, 0.2) is 0 Å². The van der Waals surface area contributed by atoms with Crippen LogP contribution >= 0.6 is 0 Å². The van der Waals surface area contributed by atoms with Crippen LogP contribution in [0.25, 0.3) is 22.5 Å². The molecule has 160 valence electrons. The molecular weight excluding hydrogens is 417 g/mol. The first-order valence-corrected chi connectivity index (χ1v) is 9.59. The Bertz CT molecular complexity index is 1240. The number of rotatable bonds is 5. The Morgan fingerprint density at radius 3 is 2.12 bits per heavy atom. The minimum absolute atomic E-state index is 0.133. The quantitative estimate of drug-likeness (QED) is 0.299.